The topological polar surface area (TPSA) is 95.7 Å². The molecule has 3 rings (SSSR count). The summed E-state index contributed by atoms with van der Waals surface area (Å²) in [6.07, 6.45) is -2.47. The Labute approximate surface area is 117 Å². The van der Waals surface area contributed by atoms with Crippen molar-refractivity contribution in [3.63, 3.8) is 0 Å². The molecule has 1 saturated heterocycles. The minimum absolute atomic E-state index is 0.0538. The predicted octanol–water partition coefficient (Wildman–Crippen LogP) is 1.42. The molecule has 0 amide bonds. The van der Waals surface area contributed by atoms with Crippen LogP contribution in [0.2, 0.25) is 0 Å². The molecule has 0 bridgehead atoms. The molecule has 21 heavy (non-hydrogen) atoms. The van der Waals surface area contributed by atoms with E-state index >= 15 is 0 Å². The van der Waals surface area contributed by atoms with E-state index in [1.54, 1.807) is 6.20 Å². The summed E-state index contributed by atoms with van der Waals surface area (Å²) in [5.74, 6) is 4.80. The maximum absolute atomic E-state index is 12.7. The van der Waals surface area contributed by atoms with Gasteiger partial charge in [-0.05, 0) is 12.8 Å². The van der Waals surface area contributed by atoms with Crippen molar-refractivity contribution in [2.75, 3.05) is 23.4 Å². The smallest absolute Gasteiger partial charge is 0.356 e. The van der Waals surface area contributed by atoms with E-state index in [0.29, 0.717) is 16.9 Å². The highest BCUT2D eigenvalue weighted by Gasteiger charge is 2.41. The molecular weight excluding hydrogens is 287 g/mol. The average Bonchev–Trinajstić information content (AvgIpc) is 2.93. The molecule has 3 heterocycles. The molecule has 0 saturated carbocycles. The third-order valence-electron chi connectivity index (χ3n) is 3.68. The van der Waals surface area contributed by atoms with Crippen LogP contribution in [-0.4, -0.2) is 39.4 Å². The van der Waals surface area contributed by atoms with Crippen LogP contribution in [0.15, 0.2) is 6.20 Å². The number of hydrazine groups is 1. The maximum atomic E-state index is 12.7. The van der Waals surface area contributed by atoms with Gasteiger partial charge in [-0.3, -0.25) is 10.5 Å². The van der Waals surface area contributed by atoms with E-state index in [2.05, 4.69) is 25.6 Å². The minimum Gasteiger partial charge on any atom is -0.356 e. The zero-order valence-corrected chi connectivity index (χ0v) is 11.0. The number of aromatic amines is 1. The third kappa shape index (κ3) is 2.58. The lowest BCUT2D eigenvalue weighted by Crippen LogP contribution is -2.39. The van der Waals surface area contributed by atoms with Crippen molar-refractivity contribution in [2.24, 2.45) is 11.8 Å². The fourth-order valence-corrected chi connectivity index (χ4v) is 2.54. The monoisotopic (exact) mass is 301 g/mol. The van der Waals surface area contributed by atoms with Gasteiger partial charge in [-0.1, -0.05) is 0 Å². The summed E-state index contributed by atoms with van der Waals surface area (Å²) >= 11 is 0. The molecule has 0 spiro atoms. The van der Waals surface area contributed by atoms with Crippen molar-refractivity contribution in [1.29, 1.82) is 0 Å². The van der Waals surface area contributed by atoms with Gasteiger partial charge in [0.15, 0.2) is 5.65 Å². The number of nitrogens with one attached hydrogen (secondary N) is 2. The number of halogens is 3. The first-order valence-electron chi connectivity index (χ1n) is 6.48. The summed E-state index contributed by atoms with van der Waals surface area (Å²) in [4.78, 5) is 10.1. The van der Waals surface area contributed by atoms with Crippen molar-refractivity contribution >= 4 is 22.8 Å². The van der Waals surface area contributed by atoms with Crippen LogP contribution in [0, 0.1) is 5.92 Å². The van der Waals surface area contributed by atoms with E-state index < -0.39 is 12.1 Å². The molecule has 114 valence electrons. The summed E-state index contributed by atoms with van der Waals surface area (Å²) in [7, 11) is 0. The Morgan fingerprint density at radius 1 is 1.29 bits per heavy atom. The van der Waals surface area contributed by atoms with E-state index in [1.807, 2.05) is 4.90 Å². The van der Waals surface area contributed by atoms with Gasteiger partial charge in [0, 0.05) is 13.1 Å². The van der Waals surface area contributed by atoms with Gasteiger partial charge in [0.25, 0.3) is 0 Å². The molecule has 0 aromatic carbocycles. The number of piperidine rings is 1. The first kappa shape index (κ1) is 13.9. The summed E-state index contributed by atoms with van der Waals surface area (Å²) in [5, 5.41) is 7.25. The quantitative estimate of drug-likeness (QED) is 0.573. The van der Waals surface area contributed by atoms with E-state index in [-0.39, 0.29) is 31.9 Å². The zero-order valence-electron chi connectivity index (χ0n) is 11.0. The van der Waals surface area contributed by atoms with Crippen LogP contribution in [0.3, 0.4) is 0 Å². The molecule has 2 aromatic rings. The lowest BCUT2D eigenvalue weighted by atomic mass is 9.96. The van der Waals surface area contributed by atoms with Crippen molar-refractivity contribution in [1.82, 2.24) is 20.2 Å². The van der Waals surface area contributed by atoms with E-state index in [1.165, 1.54) is 0 Å². The van der Waals surface area contributed by atoms with E-state index in [4.69, 9.17) is 5.84 Å². The normalized spacial score (nSPS) is 17.4. The Morgan fingerprint density at radius 2 is 2.00 bits per heavy atom. The molecule has 2 aromatic heterocycles. The van der Waals surface area contributed by atoms with Crippen molar-refractivity contribution < 1.29 is 13.2 Å². The van der Waals surface area contributed by atoms with Gasteiger partial charge in [0.05, 0.1) is 17.5 Å². The number of nitrogens with two attached hydrogens (primary N) is 1. The zero-order chi connectivity index (χ0) is 15.0. The Hall–Kier alpha value is -2.10. The van der Waals surface area contributed by atoms with Crippen LogP contribution in [0.25, 0.3) is 11.0 Å². The second-order valence-corrected chi connectivity index (χ2v) is 4.95. The number of anilines is 2. The Kier molecular flexibility index (Phi) is 3.32. The van der Waals surface area contributed by atoms with Crippen LogP contribution in [0.4, 0.5) is 24.9 Å². The number of nitrogens with zero attached hydrogens (tertiary/aromatic N) is 4. The van der Waals surface area contributed by atoms with Gasteiger partial charge in [0.2, 0.25) is 5.95 Å². The first-order valence-corrected chi connectivity index (χ1v) is 6.48. The second-order valence-electron chi connectivity index (χ2n) is 4.95. The standard InChI is InChI=1S/C11H14F3N7/c12-11(13,14)6-1-3-21(4-2-6)9-7-5-16-20-8(7)17-10(18-9)19-15/h5-6H,1-4,15H2,(H2,16,17,18,19,20). The Bertz CT molecular complexity index is 630. The summed E-state index contributed by atoms with van der Waals surface area (Å²) in [6.45, 7) is 0.566. The van der Waals surface area contributed by atoms with Gasteiger partial charge in [-0.25, -0.2) is 5.84 Å². The predicted molar refractivity (Wildman–Crippen MR) is 70.5 cm³/mol. The molecule has 0 atom stereocenters. The third-order valence-corrected chi connectivity index (χ3v) is 3.68. The van der Waals surface area contributed by atoms with Crippen LogP contribution in [0.5, 0.6) is 0 Å². The first-order chi connectivity index (χ1) is 9.99. The fraction of sp³-hybridized carbons (Fsp3) is 0.545. The number of alkyl halides is 3. The minimum atomic E-state index is -4.13. The molecule has 1 aliphatic rings. The molecule has 0 radical (unpaired) electrons. The number of aromatic nitrogens is 4. The molecule has 4 N–H and O–H groups in total. The number of hydrogen-bond acceptors (Lipinski definition) is 6. The molecule has 0 unspecified atom stereocenters. The van der Waals surface area contributed by atoms with Gasteiger partial charge < -0.3 is 4.90 Å². The molecular formula is C11H14F3N7. The van der Waals surface area contributed by atoms with Crippen LogP contribution in [-0.2, 0) is 0 Å². The van der Waals surface area contributed by atoms with Crippen LogP contribution >= 0.6 is 0 Å². The molecule has 1 aliphatic heterocycles. The molecule has 7 nitrogen and oxygen atoms in total. The highest BCUT2D eigenvalue weighted by atomic mass is 19.4. The van der Waals surface area contributed by atoms with Crippen LogP contribution in [0.1, 0.15) is 12.8 Å². The van der Waals surface area contributed by atoms with Gasteiger partial charge in [-0.2, -0.15) is 28.2 Å². The Morgan fingerprint density at radius 3 is 2.62 bits per heavy atom. The van der Waals surface area contributed by atoms with E-state index in [0.717, 1.165) is 0 Å². The number of nitrogen functional groups attached to an aromatic ring is 1. The van der Waals surface area contributed by atoms with Gasteiger partial charge >= 0.3 is 6.18 Å². The lowest BCUT2D eigenvalue weighted by Gasteiger charge is -2.33. The number of H-pyrrole nitrogens is 1. The second kappa shape index (κ2) is 5.02. The summed E-state index contributed by atoms with van der Waals surface area (Å²) < 4.78 is 38.1. The fourth-order valence-electron chi connectivity index (χ4n) is 2.54. The van der Waals surface area contributed by atoms with Gasteiger partial charge in [0.1, 0.15) is 5.82 Å². The number of hydrogen-bond donors (Lipinski definition) is 3. The largest absolute Gasteiger partial charge is 0.391 e. The summed E-state index contributed by atoms with van der Waals surface area (Å²) in [6, 6.07) is 0. The van der Waals surface area contributed by atoms with Crippen molar-refractivity contribution in [3.05, 3.63) is 6.20 Å². The molecule has 10 heteroatoms. The lowest BCUT2D eigenvalue weighted by molar-refractivity contribution is -0.179. The highest BCUT2D eigenvalue weighted by molar-refractivity contribution is 5.87. The van der Waals surface area contributed by atoms with Crippen molar-refractivity contribution in [2.45, 2.75) is 19.0 Å². The van der Waals surface area contributed by atoms with Gasteiger partial charge in [-0.15, -0.1) is 0 Å². The van der Waals surface area contributed by atoms with Crippen molar-refractivity contribution in [3.8, 4) is 0 Å². The molecule has 0 aliphatic carbocycles. The van der Waals surface area contributed by atoms with E-state index in [9.17, 15) is 13.2 Å². The highest BCUT2D eigenvalue weighted by Crippen LogP contribution is 2.36. The number of rotatable bonds is 2. The summed E-state index contributed by atoms with van der Waals surface area (Å²) in [5.41, 5.74) is 2.84. The van der Waals surface area contributed by atoms with Crippen LogP contribution < -0.4 is 16.2 Å². The maximum Gasteiger partial charge on any atom is 0.391 e. The SMILES string of the molecule is NNc1nc(N2CCC(C(F)(F)F)CC2)c2cn[nH]c2n1. The molecule has 1 fully saturated rings. The average molecular weight is 301 g/mol. The number of fused-ring (bicyclic) bond motifs is 1. The Balaban J connectivity index is 1.86.